The molecule has 0 aliphatic carbocycles. The fraction of sp³-hybridized carbons (Fsp3) is 0.591. The van der Waals surface area contributed by atoms with Crippen LogP contribution in [0.5, 0.6) is 0 Å². The molecule has 3 rings (SSSR count). The summed E-state index contributed by atoms with van der Waals surface area (Å²) in [6.07, 6.45) is 1.61. The monoisotopic (exact) mass is 385 g/mol. The highest BCUT2D eigenvalue weighted by Gasteiger charge is 2.38. The molecular weight excluding hydrogens is 354 g/mol. The van der Waals surface area contributed by atoms with Crippen LogP contribution >= 0.6 is 0 Å². The van der Waals surface area contributed by atoms with Gasteiger partial charge in [0.15, 0.2) is 0 Å². The average Bonchev–Trinajstić information content (AvgIpc) is 3.02. The lowest BCUT2D eigenvalue weighted by Gasteiger charge is -2.34. The molecule has 0 spiro atoms. The Morgan fingerprint density at radius 1 is 1.04 bits per heavy atom. The molecule has 1 aromatic rings. The van der Waals surface area contributed by atoms with Gasteiger partial charge < -0.3 is 15.1 Å². The first-order valence-electron chi connectivity index (χ1n) is 10.1. The van der Waals surface area contributed by atoms with Gasteiger partial charge in [-0.3, -0.25) is 14.4 Å². The van der Waals surface area contributed by atoms with Gasteiger partial charge in [-0.2, -0.15) is 0 Å². The van der Waals surface area contributed by atoms with Crippen LogP contribution in [0.4, 0.5) is 5.69 Å². The summed E-state index contributed by atoms with van der Waals surface area (Å²) in [5, 5.41) is 3.03. The molecule has 1 aromatic carbocycles. The first-order chi connectivity index (χ1) is 13.1. The number of benzene rings is 1. The van der Waals surface area contributed by atoms with Gasteiger partial charge in [-0.1, -0.05) is 17.7 Å². The van der Waals surface area contributed by atoms with Crippen molar-refractivity contribution in [2.45, 2.75) is 52.5 Å². The van der Waals surface area contributed by atoms with E-state index in [2.05, 4.69) is 5.32 Å². The van der Waals surface area contributed by atoms with Crippen molar-refractivity contribution in [2.24, 2.45) is 11.8 Å². The zero-order chi connectivity index (χ0) is 20.5. The molecule has 6 heteroatoms. The van der Waals surface area contributed by atoms with Crippen molar-refractivity contribution in [1.82, 2.24) is 10.2 Å². The van der Waals surface area contributed by atoms with Crippen molar-refractivity contribution < 1.29 is 14.4 Å². The van der Waals surface area contributed by atoms with Crippen LogP contribution in [-0.2, 0) is 14.4 Å². The van der Waals surface area contributed by atoms with Gasteiger partial charge in [0.05, 0.1) is 5.92 Å². The molecule has 2 heterocycles. The van der Waals surface area contributed by atoms with Gasteiger partial charge in [0.1, 0.15) is 0 Å². The van der Waals surface area contributed by atoms with E-state index in [0.717, 1.165) is 11.3 Å². The topological polar surface area (TPSA) is 69.7 Å². The number of hydrogen-bond donors (Lipinski definition) is 1. The van der Waals surface area contributed by atoms with Gasteiger partial charge in [-0.25, -0.2) is 0 Å². The normalized spacial score (nSPS) is 21.1. The molecular formula is C22H31N3O3. The van der Waals surface area contributed by atoms with E-state index in [1.165, 1.54) is 0 Å². The fourth-order valence-corrected chi connectivity index (χ4v) is 3.94. The fourth-order valence-electron chi connectivity index (χ4n) is 3.94. The predicted octanol–water partition coefficient (Wildman–Crippen LogP) is 2.50. The second-order valence-corrected chi connectivity index (χ2v) is 9.08. The molecule has 1 N–H and O–H groups in total. The molecule has 2 aliphatic rings. The maximum absolute atomic E-state index is 12.9. The van der Waals surface area contributed by atoms with Crippen molar-refractivity contribution in [1.29, 1.82) is 0 Å². The van der Waals surface area contributed by atoms with Gasteiger partial charge in [-0.05, 0) is 52.7 Å². The Bertz CT molecular complexity index is 743. The second kappa shape index (κ2) is 7.94. The largest absolute Gasteiger partial charge is 0.351 e. The number of rotatable bonds is 3. The van der Waals surface area contributed by atoms with Crippen LogP contribution in [0.2, 0.25) is 0 Å². The average molecular weight is 386 g/mol. The van der Waals surface area contributed by atoms with Crippen molar-refractivity contribution in [3.05, 3.63) is 29.8 Å². The maximum Gasteiger partial charge on any atom is 0.228 e. The first-order valence-corrected chi connectivity index (χ1v) is 10.1. The number of carbonyl (C=O) groups is 3. The molecule has 152 valence electrons. The zero-order valence-electron chi connectivity index (χ0n) is 17.3. The molecule has 0 saturated carbocycles. The Labute approximate surface area is 167 Å². The van der Waals surface area contributed by atoms with Crippen LogP contribution in [0.15, 0.2) is 24.3 Å². The van der Waals surface area contributed by atoms with Crippen LogP contribution in [0, 0.1) is 18.8 Å². The third kappa shape index (κ3) is 4.72. The molecule has 0 radical (unpaired) electrons. The molecule has 2 saturated heterocycles. The highest BCUT2D eigenvalue weighted by molar-refractivity contribution is 6.00. The molecule has 0 aromatic heterocycles. The molecule has 2 aliphatic heterocycles. The van der Waals surface area contributed by atoms with Gasteiger partial charge in [-0.15, -0.1) is 0 Å². The minimum Gasteiger partial charge on any atom is -0.351 e. The maximum atomic E-state index is 12.9. The lowest BCUT2D eigenvalue weighted by Crippen LogP contribution is -2.48. The summed E-state index contributed by atoms with van der Waals surface area (Å²) in [4.78, 5) is 41.3. The lowest BCUT2D eigenvalue weighted by atomic mass is 9.93. The number of nitrogens with one attached hydrogen (secondary N) is 1. The highest BCUT2D eigenvalue weighted by atomic mass is 16.2. The summed E-state index contributed by atoms with van der Waals surface area (Å²) in [7, 11) is 0. The number of aryl methyl sites for hydroxylation is 1. The van der Waals surface area contributed by atoms with Crippen molar-refractivity contribution >= 4 is 23.4 Å². The highest BCUT2D eigenvalue weighted by Crippen LogP contribution is 2.28. The van der Waals surface area contributed by atoms with Gasteiger partial charge in [0.2, 0.25) is 17.7 Å². The molecule has 3 amide bonds. The SMILES string of the molecule is Cc1ccc(N2C[C@@H](C(=O)N3CCC(C(=O)NC(C)(C)C)CC3)CC2=O)cc1. The number of anilines is 1. The van der Waals surface area contributed by atoms with Gasteiger partial charge in [0, 0.05) is 43.2 Å². The van der Waals surface area contributed by atoms with Crippen LogP contribution in [0.25, 0.3) is 0 Å². The standard InChI is InChI=1S/C22H31N3O3/c1-15-5-7-18(8-6-15)25-14-17(13-19(25)26)21(28)24-11-9-16(10-12-24)20(27)23-22(2,3)4/h5-8,16-17H,9-14H2,1-4H3,(H,23,27)/t17-/m0/s1. The minimum atomic E-state index is -0.297. The number of carbonyl (C=O) groups excluding carboxylic acids is 3. The van der Waals surface area contributed by atoms with Crippen LogP contribution in [0.1, 0.15) is 45.6 Å². The van der Waals surface area contributed by atoms with E-state index in [-0.39, 0.29) is 41.5 Å². The molecule has 1 atom stereocenters. The summed E-state index contributed by atoms with van der Waals surface area (Å²) < 4.78 is 0. The third-order valence-electron chi connectivity index (χ3n) is 5.50. The second-order valence-electron chi connectivity index (χ2n) is 9.08. The van der Waals surface area contributed by atoms with Crippen LogP contribution in [-0.4, -0.2) is 47.8 Å². The Morgan fingerprint density at radius 2 is 1.64 bits per heavy atom. The van der Waals surface area contributed by atoms with Gasteiger partial charge in [0.25, 0.3) is 0 Å². The van der Waals surface area contributed by atoms with E-state index in [0.29, 0.717) is 32.5 Å². The van der Waals surface area contributed by atoms with E-state index in [4.69, 9.17) is 0 Å². The van der Waals surface area contributed by atoms with E-state index in [1.54, 1.807) is 4.90 Å². The summed E-state index contributed by atoms with van der Waals surface area (Å²) in [6, 6.07) is 7.81. The molecule has 0 bridgehead atoms. The Kier molecular flexibility index (Phi) is 5.77. The van der Waals surface area contributed by atoms with E-state index >= 15 is 0 Å². The Morgan fingerprint density at radius 3 is 2.21 bits per heavy atom. The van der Waals surface area contributed by atoms with Gasteiger partial charge >= 0.3 is 0 Å². The summed E-state index contributed by atoms with van der Waals surface area (Å²) >= 11 is 0. The smallest absolute Gasteiger partial charge is 0.228 e. The zero-order valence-corrected chi connectivity index (χ0v) is 17.3. The minimum absolute atomic E-state index is 0.00152. The quantitative estimate of drug-likeness (QED) is 0.869. The first kappa shape index (κ1) is 20.4. The van der Waals surface area contributed by atoms with Crippen LogP contribution in [0.3, 0.4) is 0 Å². The Balaban J connectivity index is 1.55. The third-order valence-corrected chi connectivity index (χ3v) is 5.50. The van der Waals surface area contributed by atoms with Crippen molar-refractivity contribution in [3.8, 4) is 0 Å². The number of hydrogen-bond acceptors (Lipinski definition) is 3. The van der Waals surface area contributed by atoms with Crippen LogP contribution < -0.4 is 10.2 Å². The Hall–Kier alpha value is -2.37. The summed E-state index contributed by atoms with van der Waals surface area (Å²) in [5.41, 5.74) is 1.75. The molecule has 0 unspecified atom stereocenters. The van der Waals surface area contributed by atoms with E-state index in [9.17, 15) is 14.4 Å². The van der Waals surface area contributed by atoms with Crippen molar-refractivity contribution in [3.63, 3.8) is 0 Å². The molecule has 2 fully saturated rings. The number of nitrogens with zero attached hydrogens (tertiary/aromatic N) is 2. The van der Waals surface area contributed by atoms with E-state index < -0.39 is 0 Å². The number of amides is 3. The summed E-state index contributed by atoms with van der Waals surface area (Å²) in [5.74, 6) is -0.230. The summed E-state index contributed by atoms with van der Waals surface area (Å²) in [6.45, 7) is 9.52. The van der Waals surface area contributed by atoms with Crippen molar-refractivity contribution in [2.75, 3.05) is 24.5 Å². The number of likely N-dealkylation sites (tertiary alicyclic amines) is 1. The van der Waals surface area contributed by atoms with E-state index in [1.807, 2.05) is 56.9 Å². The lowest BCUT2D eigenvalue weighted by molar-refractivity contribution is -0.139. The molecule has 6 nitrogen and oxygen atoms in total. The predicted molar refractivity (Wildman–Crippen MR) is 109 cm³/mol. The molecule has 28 heavy (non-hydrogen) atoms. The number of piperidine rings is 1.